The number of pyridine rings is 1. The van der Waals surface area contributed by atoms with E-state index in [1.807, 2.05) is 12.1 Å². The van der Waals surface area contributed by atoms with Crippen LogP contribution in [0.25, 0.3) is 10.9 Å². The predicted octanol–water partition coefficient (Wildman–Crippen LogP) is 1.81. The van der Waals surface area contributed by atoms with Crippen LogP contribution in [0.15, 0.2) is 54.6 Å². The maximum Gasteiger partial charge on any atom is 0.322 e. The summed E-state index contributed by atoms with van der Waals surface area (Å²) in [7, 11) is 0. The van der Waals surface area contributed by atoms with Gasteiger partial charge in [0.15, 0.2) is 0 Å². The van der Waals surface area contributed by atoms with Gasteiger partial charge in [0.05, 0.1) is 17.6 Å². The van der Waals surface area contributed by atoms with Crippen molar-refractivity contribution in [3.05, 3.63) is 65.9 Å². The van der Waals surface area contributed by atoms with E-state index in [4.69, 9.17) is 10.8 Å². The number of carboxylic acids is 1. The molecule has 0 spiro atoms. The number of carbonyl (C=O) groups excluding carboxylic acids is 2. The Balaban J connectivity index is 1.61. The highest BCUT2D eigenvalue weighted by Gasteiger charge is 2.09. The molecule has 5 N–H and O–H groups in total. The number of nitrogen functional groups attached to an aromatic ring is 1. The molecule has 3 aromatic rings. The Hall–Kier alpha value is -3.94. The van der Waals surface area contributed by atoms with E-state index in [-0.39, 0.29) is 12.3 Å². The molecule has 8 nitrogen and oxygen atoms in total. The van der Waals surface area contributed by atoms with Gasteiger partial charge in [0.2, 0.25) is 5.91 Å². The lowest BCUT2D eigenvalue weighted by Crippen LogP contribution is -2.29. The molecule has 3 rings (SSSR count). The first-order chi connectivity index (χ1) is 13.4. The number of hydrogen-bond donors (Lipinski definition) is 4. The number of aromatic nitrogens is 1. The number of carboxylic acid groups (broad SMARTS) is 1. The molecule has 0 saturated heterocycles. The fourth-order valence-corrected chi connectivity index (χ4v) is 2.62. The fourth-order valence-electron chi connectivity index (χ4n) is 2.62. The van der Waals surface area contributed by atoms with Crippen molar-refractivity contribution in [1.29, 1.82) is 0 Å². The van der Waals surface area contributed by atoms with E-state index >= 15 is 0 Å². The van der Waals surface area contributed by atoms with Gasteiger partial charge in [-0.3, -0.25) is 19.4 Å². The molecule has 0 atom stereocenters. The van der Waals surface area contributed by atoms with Crippen molar-refractivity contribution in [2.75, 3.05) is 17.6 Å². The van der Waals surface area contributed by atoms with Crippen LogP contribution in [-0.4, -0.2) is 34.4 Å². The number of nitrogens with one attached hydrogen (secondary N) is 2. The van der Waals surface area contributed by atoms with Crippen LogP contribution in [0, 0.1) is 0 Å². The quantitative estimate of drug-likeness (QED) is 0.483. The Kier molecular flexibility index (Phi) is 5.50. The summed E-state index contributed by atoms with van der Waals surface area (Å²) in [4.78, 5) is 39.0. The molecule has 2 aromatic carbocycles. The van der Waals surface area contributed by atoms with E-state index < -0.39 is 18.4 Å². The van der Waals surface area contributed by atoms with Gasteiger partial charge in [-0.2, -0.15) is 0 Å². The summed E-state index contributed by atoms with van der Waals surface area (Å²) in [6.07, 6.45) is 0.0984. The second-order valence-electron chi connectivity index (χ2n) is 6.13. The van der Waals surface area contributed by atoms with E-state index in [0.29, 0.717) is 22.6 Å². The molecular weight excluding hydrogens is 360 g/mol. The summed E-state index contributed by atoms with van der Waals surface area (Å²) in [6, 6.07) is 15.2. The Bertz CT molecular complexity index is 1050. The Labute approximate surface area is 160 Å². The first-order valence-corrected chi connectivity index (χ1v) is 8.46. The number of fused-ring (bicyclic) bond motifs is 1. The molecule has 0 bridgehead atoms. The number of amides is 2. The first-order valence-electron chi connectivity index (χ1n) is 8.46. The molecule has 1 aromatic heterocycles. The van der Waals surface area contributed by atoms with E-state index in [1.54, 1.807) is 30.3 Å². The van der Waals surface area contributed by atoms with E-state index in [0.717, 1.165) is 10.9 Å². The van der Waals surface area contributed by atoms with Crippen molar-refractivity contribution in [1.82, 2.24) is 10.3 Å². The third kappa shape index (κ3) is 4.82. The molecule has 28 heavy (non-hydrogen) atoms. The smallest absolute Gasteiger partial charge is 0.322 e. The Morgan fingerprint density at radius 2 is 1.75 bits per heavy atom. The standard InChI is InChI=1S/C20H18N4O4/c21-14-4-8-17-13(9-14)3-7-16(23-17)10-18(25)24-15-5-1-12(2-6-15)20(28)22-11-19(26)27/h1-9H,10-11,21H2,(H,22,28)(H,24,25)(H,26,27). The SMILES string of the molecule is Nc1ccc2nc(CC(=O)Nc3ccc(C(=O)NCC(=O)O)cc3)ccc2c1. The largest absolute Gasteiger partial charge is 0.480 e. The highest BCUT2D eigenvalue weighted by molar-refractivity contribution is 5.97. The van der Waals surface area contributed by atoms with E-state index in [9.17, 15) is 14.4 Å². The second kappa shape index (κ2) is 8.17. The van der Waals surface area contributed by atoms with Gasteiger partial charge in [-0.25, -0.2) is 0 Å². The zero-order valence-corrected chi connectivity index (χ0v) is 14.8. The van der Waals surface area contributed by atoms with E-state index in [2.05, 4.69) is 15.6 Å². The van der Waals surface area contributed by atoms with E-state index in [1.165, 1.54) is 12.1 Å². The van der Waals surface area contributed by atoms with Crippen molar-refractivity contribution in [3.8, 4) is 0 Å². The van der Waals surface area contributed by atoms with Gasteiger partial charge in [-0.05, 0) is 48.5 Å². The number of benzene rings is 2. The summed E-state index contributed by atoms with van der Waals surface area (Å²) in [5.41, 5.74) is 8.60. The number of carbonyl (C=O) groups is 3. The summed E-state index contributed by atoms with van der Waals surface area (Å²) in [5, 5.41) is 14.5. The van der Waals surface area contributed by atoms with Crippen molar-refractivity contribution in [2.24, 2.45) is 0 Å². The normalized spacial score (nSPS) is 10.4. The molecule has 0 aliphatic heterocycles. The minimum absolute atomic E-state index is 0.0984. The minimum atomic E-state index is -1.12. The highest BCUT2D eigenvalue weighted by Crippen LogP contribution is 2.17. The van der Waals surface area contributed by atoms with Crippen molar-refractivity contribution >= 4 is 40.1 Å². The summed E-state index contributed by atoms with van der Waals surface area (Å²) in [5.74, 6) is -1.87. The van der Waals surface area contributed by atoms with Crippen LogP contribution >= 0.6 is 0 Å². The molecule has 0 fully saturated rings. The van der Waals surface area contributed by atoms with Crippen LogP contribution in [0.1, 0.15) is 16.1 Å². The number of aliphatic carboxylic acids is 1. The average molecular weight is 378 g/mol. The molecule has 8 heteroatoms. The zero-order valence-electron chi connectivity index (χ0n) is 14.8. The van der Waals surface area contributed by atoms with Gasteiger partial charge in [0.1, 0.15) is 6.54 Å². The summed E-state index contributed by atoms with van der Waals surface area (Å²) >= 11 is 0. The van der Waals surface area contributed by atoms with Crippen molar-refractivity contribution < 1.29 is 19.5 Å². The first kappa shape index (κ1) is 18.8. The van der Waals surface area contributed by atoms with Crippen LogP contribution in [-0.2, 0) is 16.0 Å². The Morgan fingerprint density at radius 1 is 1.00 bits per heavy atom. The number of anilines is 2. The van der Waals surface area contributed by atoms with Crippen LogP contribution in [0.4, 0.5) is 11.4 Å². The Morgan fingerprint density at radius 3 is 2.46 bits per heavy atom. The molecule has 142 valence electrons. The number of rotatable bonds is 6. The number of nitrogens with zero attached hydrogens (tertiary/aromatic N) is 1. The van der Waals surface area contributed by atoms with Gasteiger partial charge in [-0.1, -0.05) is 6.07 Å². The van der Waals surface area contributed by atoms with Gasteiger partial charge >= 0.3 is 5.97 Å². The minimum Gasteiger partial charge on any atom is -0.480 e. The van der Waals surface area contributed by atoms with Gasteiger partial charge in [-0.15, -0.1) is 0 Å². The molecule has 1 heterocycles. The zero-order chi connectivity index (χ0) is 20.1. The third-order valence-corrected chi connectivity index (χ3v) is 3.94. The molecule has 0 radical (unpaired) electrons. The molecule has 0 aliphatic carbocycles. The lowest BCUT2D eigenvalue weighted by atomic mass is 10.1. The molecule has 0 aliphatic rings. The summed E-state index contributed by atoms with van der Waals surface area (Å²) in [6.45, 7) is -0.456. The lowest BCUT2D eigenvalue weighted by molar-refractivity contribution is -0.135. The molecule has 2 amide bonds. The average Bonchev–Trinajstić information content (AvgIpc) is 2.66. The van der Waals surface area contributed by atoms with Crippen LogP contribution in [0.3, 0.4) is 0 Å². The monoisotopic (exact) mass is 378 g/mol. The molecule has 0 unspecified atom stereocenters. The van der Waals surface area contributed by atoms with Crippen LogP contribution in [0.5, 0.6) is 0 Å². The van der Waals surface area contributed by atoms with Crippen LogP contribution in [0.2, 0.25) is 0 Å². The summed E-state index contributed by atoms with van der Waals surface area (Å²) < 4.78 is 0. The van der Waals surface area contributed by atoms with Crippen molar-refractivity contribution in [2.45, 2.75) is 6.42 Å². The molecule has 0 saturated carbocycles. The van der Waals surface area contributed by atoms with Gasteiger partial charge in [0.25, 0.3) is 5.91 Å². The maximum absolute atomic E-state index is 12.3. The lowest BCUT2D eigenvalue weighted by Gasteiger charge is -2.07. The topological polar surface area (TPSA) is 134 Å². The highest BCUT2D eigenvalue weighted by atomic mass is 16.4. The number of hydrogen-bond acceptors (Lipinski definition) is 5. The number of nitrogens with two attached hydrogens (primary N) is 1. The third-order valence-electron chi connectivity index (χ3n) is 3.94. The van der Waals surface area contributed by atoms with Gasteiger partial charge in [0, 0.05) is 22.3 Å². The predicted molar refractivity (Wildman–Crippen MR) is 105 cm³/mol. The van der Waals surface area contributed by atoms with Crippen molar-refractivity contribution in [3.63, 3.8) is 0 Å². The van der Waals surface area contributed by atoms with Gasteiger partial charge < -0.3 is 21.5 Å². The second-order valence-corrected chi connectivity index (χ2v) is 6.13. The molecular formula is C20H18N4O4. The van der Waals surface area contributed by atoms with Crippen LogP contribution < -0.4 is 16.4 Å². The fraction of sp³-hybridized carbons (Fsp3) is 0.100. The maximum atomic E-state index is 12.3.